The minimum absolute atomic E-state index is 0.200. The molecule has 1 N–H and O–H groups in total. The van der Waals surface area contributed by atoms with E-state index in [2.05, 4.69) is 0 Å². The van der Waals surface area contributed by atoms with Crippen molar-refractivity contribution in [3.05, 3.63) is 0 Å². The van der Waals surface area contributed by atoms with Crippen LogP contribution in [0.5, 0.6) is 0 Å². The molecule has 0 saturated carbocycles. The van der Waals surface area contributed by atoms with Crippen LogP contribution in [-0.4, -0.2) is 67.1 Å². The first kappa shape index (κ1) is 18.0. The van der Waals surface area contributed by atoms with Gasteiger partial charge in [-0.15, -0.1) is 0 Å². The number of hydrogen-bond acceptors (Lipinski definition) is 6. The Hall–Kier alpha value is 0.974. The largest absolute Gasteiger partial charge is 0.608 e. The average molecular weight is 328 g/mol. The van der Waals surface area contributed by atoms with E-state index in [4.69, 9.17) is 21.3 Å². The van der Waals surface area contributed by atoms with Gasteiger partial charge >= 0.3 is 23.1 Å². The summed E-state index contributed by atoms with van der Waals surface area (Å²) in [6.45, 7) is 7.98. The molecule has 0 rings (SSSR count). The van der Waals surface area contributed by atoms with E-state index in [0.717, 1.165) is 0 Å². The zero-order valence-corrected chi connectivity index (χ0v) is 17.8. The Bertz CT molecular complexity index is 180. The van der Waals surface area contributed by atoms with Crippen molar-refractivity contribution >= 4 is 62.1 Å². The third kappa shape index (κ3) is 7.21. The highest BCUT2D eigenvalue weighted by molar-refractivity contribution is 7.15. The van der Waals surface area contributed by atoms with Crippen molar-refractivity contribution in [2.75, 3.05) is 0 Å². The van der Waals surface area contributed by atoms with Crippen LogP contribution in [0.4, 0.5) is 0 Å². The van der Waals surface area contributed by atoms with Crippen molar-refractivity contribution in [3.63, 3.8) is 0 Å². The Labute approximate surface area is 115 Å². The fraction of sp³-hybridized carbons (Fsp3) is 1.00. The topological polar surface area (TPSA) is 66.4 Å². The molecule has 0 aliphatic rings. The van der Waals surface area contributed by atoms with Crippen LogP contribution in [0.3, 0.4) is 0 Å². The normalized spacial score (nSPS) is 17.2. The van der Waals surface area contributed by atoms with Crippen molar-refractivity contribution in [3.8, 4) is 0 Å². The molecule has 0 bridgehead atoms. The fourth-order valence-electron chi connectivity index (χ4n) is 1.21. The highest BCUT2D eigenvalue weighted by Crippen LogP contribution is 2.09. The fourth-order valence-corrected chi connectivity index (χ4v) is 8.93. The minimum atomic E-state index is -2.93. The third-order valence-corrected chi connectivity index (χ3v) is 9.78. The third-order valence-electron chi connectivity index (χ3n) is 1.80. The molecule has 0 aromatic rings. The molecule has 0 aromatic heterocycles. The maximum atomic E-state index is 9.47. The lowest BCUT2D eigenvalue weighted by atomic mass is 10.3. The van der Waals surface area contributed by atoms with Crippen molar-refractivity contribution in [2.24, 2.45) is 0 Å². The van der Waals surface area contributed by atoms with Crippen LogP contribution >= 0.6 is 0 Å². The molecule has 6 nitrogen and oxygen atoms in total. The van der Waals surface area contributed by atoms with E-state index in [9.17, 15) is 5.02 Å². The van der Waals surface area contributed by atoms with Crippen LogP contribution in [0.25, 0.3) is 0 Å². The molecule has 17 heavy (non-hydrogen) atoms. The van der Waals surface area contributed by atoms with Gasteiger partial charge in [0, 0.05) is 0 Å². The van der Waals surface area contributed by atoms with E-state index in [1.54, 1.807) is 0 Å². The van der Waals surface area contributed by atoms with Crippen molar-refractivity contribution in [2.45, 2.75) is 26.2 Å². The quantitative estimate of drug-likeness (QED) is 0.395. The van der Waals surface area contributed by atoms with E-state index in [-0.39, 0.29) is 7.07 Å². The summed E-state index contributed by atoms with van der Waals surface area (Å²) in [5, 5.41) is 9.47. The summed E-state index contributed by atoms with van der Waals surface area (Å²) in [7, 11) is -6.51. The summed E-state index contributed by atoms with van der Waals surface area (Å²) in [6.07, 6.45) is 0. The summed E-state index contributed by atoms with van der Waals surface area (Å²) in [5.74, 6) is 0. The van der Waals surface area contributed by atoms with Crippen LogP contribution < -0.4 is 0 Å². The van der Waals surface area contributed by atoms with Gasteiger partial charge in [-0.1, -0.05) is 26.2 Å². The van der Waals surface area contributed by atoms with Crippen LogP contribution in [0.1, 0.15) is 0 Å². The smallest absolute Gasteiger partial charge is 0.449 e. The van der Waals surface area contributed by atoms with Crippen LogP contribution in [0.2, 0.25) is 26.2 Å². The van der Waals surface area contributed by atoms with Gasteiger partial charge < -0.3 is 26.3 Å². The zero-order valence-electron chi connectivity index (χ0n) is 11.1. The van der Waals surface area contributed by atoms with Gasteiger partial charge in [0.2, 0.25) is 0 Å². The molecule has 0 fully saturated rings. The second-order valence-corrected chi connectivity index (χ2v) is 10.2. The van der Waals surface area contributed by atoms with Gasteiger partial charge in [0.05, 0.1) is 0 Å². The van der Waals surface area contributed by atoms with Crippen molar-refractivity contribution in [1.82, 2.24) is 0 Å². The Morgan fingerprint density at radius 1 is 0.941 bits per heavy atom. The van der Waals surface area contributed by atoms with E-state index >= 15 is 0 Å². The predicted octanol–water partition coefficient (Wildman–Crippen LogP) is -3.64. The molecule has 0 unspecified atom stereocenters. The summed E-state index contributed by atoms with van der Waals surface area (Å²) in [5.41, 5.74) is 0. The highest BCUT2D eigenvalue weighted by Gasteiger charge is 2.44. The molecule has 13 heteroatoms. The molecule has 0 aliphatic heterocycles. The molecule has 0 heterocycles. The van der Waals surface area contributed by atoms with Gasteiger partial charge in [0.15, 0.2) is 0 Å². The molecule has 0 amide bonds. The predicted molar refractivity (Wildman–Crippen MR) is 83.9 cm³/mol. The van der Waals surface area contributed by atoms with E-state index in [0.29, 0.717) is 0 Å². The first-order chi connectivity index (χ1) is 8.17. The van der Waals surface area contributed by atoms with E-state index in [1.807, 2.05) is 26.2 Å². The lowest BCUT2D eigenvalue weighted by Gasteiger charge is -2.30. The summed E-state index contributed by atoms with van der Waals surface area (Å²) in [6, 6.07) is 0. The van der Waals surface area contributed by atoms with E-state index in [1.165, 1.54) is 0 Å². The molecule has 0 spiro atoms. The first-order valence-corrected chi connectivity index (χ1v) is 15.9. The molecule has 0 aromatic carbocycles. The molecule has 0 radical (unpaired) electrons. The lowest BCUT2D eigenvalue weighted by Crippen LogP contribution is -2.57. The Morgan fingerprint density at radius 3 is 1.71 bits per heavy atom. The van der Waals surface area contributed by atoms with Crippen molar-refractivity contribution < 1.29 is 26.3 Å². The maximum absolute atomic E-state index is 9.47. The van der Waals surface area contributed by atoms with Gasteiger partial charge in [-0.05, 0) is 0 Å². The molecule has 0 aliphatic carbocycles. The summed E-state index contributed by atoms with van der Waals surface area (Å²) in [4.78, 5) is 0. The molecule has 0 saturated heterocycles. The monoisotopic (exact) mass is 328 g/mol. The second kappa shape index (κ2) is 10.9. The van der Waals surface area contributed by atoms with Gasteiger partial charge in [0.25, 0.3) is 0 Å². The van der Waals surface area contributed by atoms with Crippen LogP contribution in [0.15, 0.2) is 0 Å². The standard InChI is InChI=1S/C4H22B2O6Si5/c1-13-8-6(9-14-2)10-17(5-7,11-15-3)12-16-4/h5,7H,13-16H2,1-4H3. The maximum Gasteiger partial charge on any atom is 0.608 e. The summed E-state index contributed by atoms with van der Waals surface area (Å²) < 4.78 is 27.9. The SMILES string of the molecule is C[SiH2]OB(O[SiH2]C)O[Si](BO)(O[SiH2]C)O[SiH2]C. The van der Waals surface area contributed by atoms with Gasteiger partial charge in [-0.25, -0.2) is 0 Å². The number of rotatable bonds is 11. The average Bonchev–Trinajstić information content (AvgIpc) is 2.30. The lowest BCUT2D eigenvalue weighted by molar-refractivity contribution is 0.234. The number of hydrogen-bond donors (Lipinski definition) is 1. The van der Waals surface area contributed by atoms with Crippen molar-refractivity contribution in [1.29, 1.82) is 0 Å². The molecular formula is C4H22B2O6Si5. The van der Waals surface area contributed by atoms with Gasteiger partial charge in [0.1, 0.15) is 39.1 Å². The van der Waals surface area contributed by atoms with Gasteiger partial charge in [-0.3, -0.25) is 0 Å². The summed E-state index contributed by atoms with van der Waals surface area (Å²) >= 11 is 0. The first-order valence-electron chi connectivity index (χ1n) is 5.97. The zero-order chi connectivity index (χ0) is 13.1. The van der Waals surface area contributed by atoms with Crippen LogP contribution in [-0.2, 0) is 21.3 Å². The Kier molecular flexibility index (Phi) is 11.5. The molecular weight excluding hydrogens is 306 g/mol. The molecule has 100 valence electrons. The Balaban J connectivity index is 4.53. The second-order valence-electron chi connectivity index (χ2n) is 3.02. The van der Waals surface area contributed by atoms with Gasteiger partial charge in [-0.2, -0.15) is 0 Å². The highest BCUT2D eigenvalue weighted by atomic mass is 28.4. The molecule has 0 atom stereocenters. The Morgan fingerprint density at radius 2 is 1.41 bits per heavy atom. The van der Waals surface area contributed by atoms with E-state index < -0.39 is 55.0 Å². The minimum Gasteiger partial charge on any atom is -0.449 e. The van der Waals surface area contributed by atoms with Crippen LogP contribution in [0, 0.1) is 0 Å².